The zero-order chi connectivity index (χ0) is 21.4. The van der Waals surface area contributed by atoms with Crippen molar-refractivity contribution in [3.05, 3.63) is 65.5 Å². The number of carbonyl (C=O) groups is 2. The molecular weight excluding hydrogens is 403 g/mol. The number of rotatable bonds is 5. The van der Waals surface area contributed by atoms with Crippen molar-refractivity contribution in [1.82, 2.24) is 9.47 Å². The number of hydrogen-bond donors (Lipinski definition) is 1. The maximum Gasteiger partial charge on any atom is 0.323 e. The quantitative estimate of drug-likeness (QED) is 0.666. The van der Waals surface area contributed by atoms with Gasteiger partial charge in [-0.05, 0) is 42.7 Å². The van der Waals surface area contributed by atoms with Gasteiger partial charge in [0.1, 0.15) is 12.4 Å². The summed E-state index contributed by atoms with van der Waals surface area (Å²) in [6.45, 7) is 1.76. The van der Waals surface area contributed by atoms with E-state index in [4.69, 9.17) is 0 Å². The van der Waals surface area contributed by atoms with Crippen molar-refractivity contribution in [3.63, 3.8) is 0 Å². The van der Waals surface area contributed by atoms with E-state index in [0.29, 0.717) is 12.2 Å². The number of para-hydroxylation sites is 1. The highest BCUT2D eigenvalue weighted by molar-refractivity contribution is 7.99. The first-order valence-corrected chi connectivity index (χ1v) is 10.8. The molecule has 7 heteroatoms. The van der Waals surface area contributed by atoms with Gasteiger partial charge in [-0.2, -0.15) is 0 Å². The van der Waals surface area contributed by atoms with E-state index in [9.17, 15) is 19.1 Å². The summed E-state index contributed by atoms with van der Waals surface area (Å²) in [6.07, 6.45) is 0.674. The molecule has 1 aromatic heterocycles. The van der Waals surface area contributed by atoms with Crippen molar-refractivity contribution in [3.8, 4) is 0 Å². The summed E-state index contributed by atoms with van der Waals surface area (Å²) in [5.74, 6) is -0.871. The molecular formula is C23H23FN2O3S. The Morgan fingerprint density at radius 2 is 1.93 bits per heavy atom. The van der Waals surface area contributed by atoms with Crippen LogP contribution in [0, 0.1) is 5.82 Å². The number of thioether (sulfide) groups is 1. The summed E-state index contributed by atoms with van der Waals surface area (Å²) in [5.41, 5.74) is 2.80. The van der Waals surface area contributed by atoms with Crippen molar-refractivity contribution >= 4 is 34.5 Å². The second-order valence-electron chi connectivity index (χ2n) is 7.67. The molecule has 5 nitrogen and oxygen atoms in total. The molecule has 0 saturated heterocycles. The number of hydrogen-bond acceptors (Lipinski definition) is 3. The maximum absolute atomic E-state index is 13.2. The van der Waals surface area contributed by atoms with Crippen LogP contribution < -0.4 is 0 Å². The van der Waals surface area contributed by atoms with Crippen molar-refractivity contribution in [2.45, 2.75) is 36.9 Å². The Hall–Kier alpha value is -2.80. The van der Waals surface area contributed by atoms with E-state index >= 15 is 0 Å². The van der Waals surface area contributed by atoms with Gasteiger partial charge in [-0.15, -0.1) is 11.8 Å². The van der Waals surface area contributed by atoms with Crippen LogP contribution in [-0.4, -0.2) is 45.3 Å². The molecule has 1 N–H and O–H groups in total. The SMILES string of the molecule is CC(C(=O)N(C)C1CSc2c(c3ccccc3n2CC(=O)O)C1)c1ccc(F)cc1. The number of carboxylic acids is 1. The predicted octanol–water partition coefficient (Wildman–Crippen LogP) is 4.14. The lowest BCUT2D eigenvalue weighted by molar-refractivity contribution is -0.137. The number of nitrogens with zero attached hydrogens (tertiary/aromatic N) is 2. The number of carboxylic acid groups (broad SMARTS) is 1. The second-order valence-corrected chi connectivity index (χ2v) is 8.68. The first kappa shape index (κ1) is 20.5. The summed E-state index contributed by atoms with van der Waals surface area (Å²) in [6, 6.07) is 13.9. The molecule has 0 spiro atoms. The van der Waals surface area contributed by atoms with E-state index in [1.165, 1.54) is 12.1 Å². The van der Waals surface area contributed by atoms with Gasteiger partial charge in [0, 0.05) is 29.7 Å². The Morgan fingerprint density at radius 1 is 1.23 bits per heavy atom. The predicted molar refractivity (Wildman–Crippen MR) is 115 cm³/mol. The molecule has 0 radical (unpaired) electrons. The zero-order valence-corrected chi connectivity index (χ0v) is 17.7. The van der Waals surface area contributed by atoms with Crippen molar-refractivity contribution < 1.29 is 19.1 Å². The number of likely N-dealkylation sites (N-methyl/N-ethyl adjacent to an activating group) is 1. The normalized spacial score (nSPS) is 16.8. The van der Waals surface area contributed by atoms with Crippen molar-refractivity contribution in [2.75, 3.05) is 12.8 Å². The largest absolute Gasteiger partial charge is 0.480 e. The molecule has 1 aliphatic rings. The molecule has 2 aromatic carbocycles. The molecule has 2 atom stereocenters. The molecule has 156 valence electrons. The van der Waals surface area contributed by atoms with Gasteiger partial charge in [-0.1, -0.05) is 30.3 Å². The van der Waals surface area contributed by atoms with Gasteiger partial charge in [-0.25, -0.2) is 4.39 Å². The fourth-order valence-electron chi connectivity index (χ4n) is 4.10. The fraction of sp³-hybridized carbons (Fsp3) is 0.304. The number of amides is 1. The van der Waals surface area contributed by atoms with Gasteiger partial charge in [0.25, 0.3) is 0 Å². The van der Waals surface area contributed by atoms with Crippen LogP contribution in [0.3, 0.4) is 0 Å². The third-order valence-electron chi connectivity index (χ3n) is 5.80. The Balaban J connectivity index is 1.60. The number of carbonyl (C=O) groups excluding carboxylic acids is 1. The number of halogens is 1. The minimum Gasteiger partial charge on any atom is -0.480 e. The second kappa shape index (κ2) is 8.14. The van der Waals surface area contributed by atoms with Crippen LogP contribution in [0.2, 0.25) is 0 Å². The molecule has 0 bridgehead atoms. The monoisotopic (exact) mass is 426 g/mol. The molecule has 30 heavy (non-hydrogen) atoms. The van der Waals surface area contributed by atoms with Crippen molar-refractivity contribution in [1.29, 1.82) is 0 Å². The fourth-order valence-corrected chi connectivity index (χ4v) is 5.48. The summed E-state index contributed by atoms with van der Waals surface area (Å²) < 4.78 is 15.1. The van der Waals surface area contributed by atoms with Gasteiger partial charge < -0.3 is 14.6 Å². The molecule has 1 amide bonds. The average Bonchev–Trinajstić information content (AvgIpc) is 3.05. The minimum absolute atomic E-state index is 0.00184. The van der Waals surface area contributed by atoms with Gasteiger partial charge >= 0.3 is 5.97 Å². The van der Waals surface area contributed by atoms with Crippen LogP contribution in [0.1, 0.15) is 24.0 Å². The molecule has 1 aliphatic heterocycles. The van der Waals surface area contributed by atoms with E-state index in [0.717, 1.165) is 27.1 Å². The smallest absolute Gasteiger partial charge is 0.323 e. The summed E-state index contributed by atoms with van der Waals surface area (Å²) >= 11 is 1.60. The average molecular weight is 427 g/mol. The topological polar surface area (TPSA) is 62.5 Å². The highest BCUT2D eigenvalue weighted by Gasteiger charge is 2.32. The maximum atomic E-state index is 13.2. The number of benzene rings is 2. The molecule has 0 saturated carbocycles. The lowest BCUT2D eigenvalue weighted by Crippen LogP contribution is -2.43. The van der Waals surface area contributed by atoms with Crippen molar-refractivity contribution in [2.24, 2.45) is 0 Å². The standard InChI is InChI=1S/C23H23FN2O3S/c1-14(15-7-9-16(24)10-8-15)22(29)25(2)17-11-19-18-5-3-4-6-20(18)26(12-21(27)28)23(19)30-13-17/h3-10,14,17H,11-13H2,1-2H3,(H,27,28). The molecule has 0 aliphatic carbocycles. The molecule has 0 fully saturated rings. The lowest BCUT2D eigenvalue weighted by atomic mass is 9.98. The lowest BCUT2D eigenvalue weighted by Gasteiger charge is -2.33. The minimum atomic E-state index is -0.873. The summed E-state index contributed by atoms with van der Waals surface area (Å²) in [4.78, 5) is 26.3. The first-order valence-electron chi connectivity index (χ1n) is 9.83. The van der Waals surface area contributed by atoms with E-state index < -0.39 is 5.97 Å². The van der Waals surface area contributed by atoms with Crippen LogP contribution in [0.5, 0.6) is 0 Å². The van der Waals surface area contributed by atoms with E-state index in [1.54, 1.807) is 28.8 Å². The summed E-state index contributed by atoms with van der Waals surface area (Å²) in [5, 5.41) is 11.4. The Morgan fingerprint density at radius 3 is 2.63 bits per heavy atom. The number of aliphatic carboxylic acids is 1. The first-order chi connectivity index (χ1) is 14.4. The van der Waals surface area contributed by atoms with E-state index in [1.807, 2.05) is 42.8 Å². The van der Waals surface area contributed by atoms with E-state index in [2.05, 4.69) is 0 Å². The Labute approximate surface area is 178 Å². The van der Waals surface area contributed by atoms with Gasteiger partial charge in [0.15, 0.2) is 0 Å². The van der Waals surface area contributed by atoms with Crippen LogP contribution in [0.15, 0.2) is 53.6 Å². The number of fused-ring (bicyclic) bond motifs is 3. The molecule has 4 rings (SSSR count). The van der Waals surface area contributed by atoms with E-state index in [-0.39, 0.29) is 30.2 Å². The highest BCUT2D eigenvalue weighted by atomic mass is 32.2. The van der Waals surface area contributed by atoms with Gasteiger partial charge in [0.05, 0.1) is 10.9 Å². The Bertz CT molecular complexity index is 1110. The van der Waals surface area contributed by atoms with Crippen LogP contribution in [-0.2, 0) is 22.6 Å². The van der Waals surface area contributed by atoms with Crippen LogP contribution in [0.25, 0.3) is 10.9 Å². The van der Waals surface area contributed by atoms with Gasteiger partial charge in [0.2, 0.25) is 5.91 Å². The van der Waals surface area contributed by atoms with Crippen LogP contribution >= 0.6 is 11.8 Å². The van der Waals surface area contributed by atoms with Crippen LogP contribution in [0.4, 0.5) is 4.39 Å². The van der Waals surface area contributed by atoms with Gasteiger partial charge in [-0.3, -0.25) is 9.59 Å². The molecule has 2 unspecified atom stereocenters. The molecule has 3 aromatic rings. The Kier molecular flexibility index (Phi) is 5.56. The number of aromatic nitrogens is 1. The third-order valence-corrected chi connectivity index (χ3v) is 7.10. The zero-order valence-electron chi connectivity index (χ0n) is 16.8. The third kappa shape index (κ3) is 3.69. The molecule has 2 heterocycles. The summed E-state index contributed by atoms with van der Waals surface area (Å²) in [7, 11) is 1.81. The highest BCUT2D eigenvalue weighted by Crippen LogP contribution is 2.39.